The third-order valence-electron chi connectivity index (χ3n) is 3.79. The smallest absolute Gasteiger partial charge is 0.243 e. The second-order valence-electron chi connectivity index (χ2n) is 5.44. The third-order valence-corrected chi connectivity index (χ3v) is 3.79. The molecule has 1 fully saturated rings. The van der Waals surface area contributed by atoms with Gasteiger partial charge in [-0.2, -0.15) is 5.10 Å². The van der Waals surface area contributed by atoms with Crippen molar-refractivity contribution >= 4 is 11.6 Å². The number of nitrogens with zero attached hydrogens (tertiary/aromatic N) is 1. The molecule has 2 aromatic rings. The van der Waals surface area contributed by atoms with Crippen LogP contribution in [0.2, 0.25) is 0 Å². The van der Waals surface area contributed by atoms with E-state index in [-0.39, 0.29) is 11.8 Å². The number of nitrogens with one attached hydrogen (secondary N) is 1. The van der Waals surface area contributed by atoms with Crippen LogP contribution in [0.4, 0.5) is 0 Å². The van der Waals surface area contributed by atoms with Crippen LogP contribution in [0.5, 0.6) is 0 Å². The van der Waals surface area contributed by atoms with Crippen molar-refractivity contribution in [3.8, 4) is 0 Å². The van der Waals surface area contributed by atoms with Crippen LogP contribution >= 0.6 is 0 Å². The summed E-state index contributed by atoms with van der Waals surface area (Å²) in [4.78, 5) is 12.1. The fourth-order valence-electron chi connectivity index (χ4n) is 2.46. The molecule has 2 atom stereocenters. The number of carbonyl (C=O) groups excluding carboxylic acids is 1. The maximum Gasteiger partial charge on any atom is 0.243 e. The summed E-state index contributed by atoms with van der Waals surface area (Å²) >= 11 is 0. The topological polar surface area (TPSA) is 54.6 Å². The van der Waals surface area contributed by atoms with E-state index in [9.17, 15) is 4.79 Å². The predicted molar refractivity (Wildman–Crippen MR) is 81.1 cm³/mol. The van der Waals surface area contributed by atoms with Gasteiger partial charge in [0.1, 0.15) is 17.2 Å². The molecule has 21 heavy (non-hydrogen) atoms. The Bertz CT molecular complexity index is 673. The van der Waals surface area contributed by atoms with Crippen LogP contribution in [0.3, 0.4) is 0 Å². The molecule has 1 aromatic carbocycles. The highest BCUT2D eigenvalue weighted by Gasteiger charge is 2.43. The Kier molecular flexibility index (Phi) is 3.60. The Labute approximate surface area is 123 Å². The molecule has 4 heteroatoms. The van der Waals surface area contributed by atoms with Crippen molar-refractivity contribution in [3.63, 3.8) is 0 Å². The van der Waals surface area contributed by atoms with Crippen LogP contribution in [-0.4, -0.2) is 11.6 Å². The van der Waals surface area contributed by atoms with E-state index < -0.39 is 0 Å². The summed E-state index contributed by atoms with van der Waals surface area (Å²) in [5.74, 6) is 1.85. The minimum Gasteiger partial charge on any atom is -0.460 e. The largest absolute Gasteiger partial charge is 0.460 e. The Hall–Kier alpha value is -2.36. The van der Waals surface area contributed by atoms with Crippen LogP contribution in [0.1, 0.15) is 36.3 Å². The van der Waals surface area contributed by atoms with Gasteiger partial charge >= 0.3 is 0 Å². The molecule has 3 rings (SSSR count). The molecular formula is C17H18N2O2. The summed E-state index contributed by atoms with van der Waals surface area (Å²) in [6.45, 7) is 3.70. The lowest BCUT2D eigenvalue weighted by atomic mass is 10.1. The van der Waals surface area contributed by atoms with E-state index in [1.54, 1.807) is 0 Å². The summed E-state index contributed by atoms with van der Waals surface area (Å²) in [6, 6.07) is 13.9. The van der Waals surface area contributed by atoms with E-state index in [2.05, 4.69) is 22.7 Å². The third kappa shape index (κ3) is 3.05. The maximum atomic E-state index is 12.1. The maximum absolute atomic E-state index is 12.1. The lowest BCUT2D eigenvalue weighted by molar-refractivity contribution is -0.122. The van der Waals surface area contributed by atoms with Gasteiger partial charge in [-0.25, -0.2) is 5.43 Å². The number of hydrogen-bond acceptors (Lipinski definition) is 3. The van der Waals surface area contributed by atoms with Crippen molar-refractivity contribution < 1.29 is 9.21 Å². The Morgan fingerprint density at radius 2 is 2.00 bits per heavy atom. The first-order chi connectivity index (χ1) is 10.1. The molecule has 0 radical (unpaired) electrons. The van der Waals surface area contributed by atoms with Crippen LogP contribution in [0.25, 0.3) is 0 Å². The lowest BCUT2D eigenvalue weighted by Gasteiger charge is -2.01. The van der Waals surface area contributed by atoms with Gasteiger partial charge in [0.05, 0.1) is 0 Å². The average Bonchev–Trinajstić information content (AvgIpc) is 3.20. The molecule has 1 amide bonds. The SMILES string of the molecule is C/C(=N/NC(=O)[C@H]1C[C@H]1c1ccccc1)c1ccc(C)o1. The van der Waals surface area contributed by atoms with Crippen molar-refractivity contribution in [2.24, 2.45) is 11.0 Å². The fourth-order valence-corrected chi connectivity index (χ4v) is 2.46. The number of furan rings is 1. The van der Waals surface area contributed by atoms with Gasteiger partial charge in [-0.05, 0) is 43.9 Å². The standard InChI is InChI=1S/C17H18N2O2/c1-11-8-9-16(21-11)12(2)18-19-17(20)15-10-14(15)13-6-4-3-5-7-13/h3-9,14-15H,10H2,1-2H3,(H,19,20)/b18-12-/t14-,15-/m0/s1. The normalized spacial score (nSPS) is 21.1. The van der Waals surface area contributed by atoms with Gasteiger partial charge < -0.3 is 4.42 Å². The van der Waals surface area contributed by atoms with E-state index in [4.69, 9.17) is 4.42 Å². The van der Waals surface area contributed by atoms with Gasteiger partial charge in [0.2, 0.25) is 5.91 Å². The first kappa shape index (κ1) is 13.6. The van der Waals surface area contributed by atoms with E-state index in [0.29, 0.717) is 17.4 Å². The van der Waals surface area contributed by atoms with Crippen LogP contribution in [0.15, 0.2) is 52.0 Å². The molecule has 4 nitrogen and oxygen atoms in total. The van der Waals surface area contributed by atoms with Crippen LogP contribution < -0.4 is 5.43 Å². The number of carbonyl (C=O) groups is 1. The summed E-state index contributed by atoms with van der Waals surface area (Å²) < 4.78 is 5.46. The minimum atomic E-state index is -0.0218. The summed E-state index contributed by atoms with van der Waals surface area (Å²) in [5.41, 5.74) is 4.54. The van der Waals surface area contributed by atoms with Crippen LogP contribution in [0, 0.1) is 12.8 Å². The lowest BCUT2D eigenvalue weighted by Crippen LogP contribution is -2.21. The van der Waals surface area contributed by atoms with Crippen molar-refractivity contribution in [3.05, 3.63) is 59.5 Å². The molecule has 1 aromatic heterocycles. The van der Waals surface area contributed by atoms with Gasteiger partial charge in [0, 0.05) is 5.92 Å². The summed E-state index contributed by atoms with van der Waals surface area (Å²) in [6.07, 6.45) is 0.893. The van der Waals surface area contributed by atoms with Crippen molar-refractivity contribution in [1.29, 1.82) is 0 Å². The summed E-state index contributed by atoms with van der Waals surface area (Å²) in [7, 11) is 0. The number of rotatable bonds is 4. The summed E-state index contributed by atoms with van der Waals surface area (Å²) in [5, 5.41) is 4.12. The van der Waals surface area contributed by atoms with E-state index in [1.165, 1.54) is 5.56 Å². The zero-order chi connectivity index (χ0) is 14.8. The van der Waals surface area contributed by atoms with Gasteiger partial charge in [0.15, 0.2) is 0 Å². The van der Waals surface area contributed by atoms with Gasteiger partial charge in [-0.3, -0.25) is 4.79 Å². The molecule has 0 spiro atoms. The van der Waals surface area contributed by atoms with Crippen molar-refractivity contribution in [1.82, 2.24) is 5.43 Å². The number of amides is 1. The Balaban J connectivity index is 1.58. The number of hydrazone groups is 1. The molecular weight excluding hydrogens is 264 g/mol. The second kappa shape index (κ2) is 5.56. The predicted octanol–water partition coefficient (Wildman–Crippen LogP) is 3.23. The molecule has 0 aliphatic heterocycles. The first-order valence-electron chi connectivity index (χ1n) is 7.11. The van der Waals surface area contributed by atoms with E-state index in [0.717, 1.165) is 12.2 Å². The average molecular weight is 282 g/mol. The second-order valence-corrected chi connectivity index (χ2v) is 5.44. The van der Waals surface area contributed by atoms with Crippen molar-refractivity contribution in [2.45, 2.75) is 26.2 Å². The molecule has 1 aliphatic carbocycles. The molecule has 1 aliphatic rings. The zero-order valence-corrected chi connectivity index (χ0v) is 12.2. The highest BCUT2D eigenvalue weighted by Crippen LogP contribution is 2.47. The zero-order valence-electron chi connectivity index (χ0n) is 12.2. The molecule has 0 bridgehead atoms. The minimum absolute atomic E-state index is 0.0218. The van der Waals surface area contributed by atoms with E-state index in [1.807, 2.05) is 44.2 Å². The molecule has 108 valence electrons. The van der Waals surface area contributed by atoms with E-state index >= 15 is 0 Å². The monoisotopic (exact) mass is 282 g/mol. The Morgan fingerprint density at radius 1 is 1.24 bits per heavy atom. The molecule has 0 unspecified atom stereocenters. The quantitative estimate of drug-likeness (QED) is 0.691. The molecule has 1 heterocycles. The van der Waals surface area contributed by atoms with Crippen LogP contribution in [-0.2, 0) is 4.79 Å². The van der Waals surface area contributed by atoms with Gasteiger partial charge in [-0.1, -0.05) is 30.3 Å². The highest BCUT2D eigenvalue weighted by atomic mass is 16.3. The van der Waals surface area contributed by atoms with Gasteiger partial charge in [0.25, 0.3) is 0 Å². The van der Waals surface area contributed by atoms with Gasteiger partial charge in [-0.15, -0.1) is 0 Å². The number of aryl methyl sites for hydroxylation is 1. The number of hydrogen-bond donors (Lipinski definition) is 1. The Morgan fingerprint density at radius 3 is 2.67 bits per heavy atom. The highest BCUT2D eigenvalue weighted by molar-refractivity contribution is 5.97. The number of benzene rings is 1. The first-order valence-corrected chi connectivity index (χ1v) is 7.11. The molecule has 1 N–H and O–H groups in total. The van der Waals surface area contributed by atoms with Crippen molar-refractivity contribution in [2.75, 3.05) is 0 Å². The fraction of sp³-hybridized carbons (Fsp3) is 0.294. The molecule has 0 saturated heterocycles. The molecule has 1 saturated carbocycles.